The summed E-state index contributed by atoms with van der Waals surface area (Å²) in [5, 5.41) is 20.1. The second kappa shape index (κ2) is 7.90. The van der Waals surface area contributed by atoms with Gasteiger partial charge in [0, 0.05) is 17.7 Å². The van der Waals surface area contributed by atoms with E-state index in [1.807, 2.05) is 13.8 Å². The summed E-state index contributed by atoms with van der Waals surface area (Å²) in [6.45, 7) is 3.75. The molecule has 29 heavy (non-hydrogen) atoms. The van der Waals surface area contributed by atoms with Gasteiger partial charge in [0.15, 0.2) is 0 Å². The summed E-state index contributed by atoms with van der Waals surface area (Å²) < 4.78 is 31.3. The molecule has 0 spiro atoms. The smallest absolute Gasteiger partial charge is 0.294 e. The van der Waals surface area contributed by atoms with E-state index in [2.05, 4.69) is 4.98 Å². The zero-order valence-electron chi connectivity index (χ0n) is 15.9. The topological polar surface area (TPSA) is 135 Å². The van der Waals surface area contributed by atoms with Gasteiger partial charge in [-0.2, -0.15) is 8.42 Å². The van der Waals surface area contributed by atoms with Crippen molar-refractivity contribution >= 4 is 21.5 Å². The van der Waals surface area contributed by atoms with Crippen molar-refractivity contribution in [3.05, 3.63) is 69.7 Å². The van der Waals surface area contributed by atoms with Crippen molar-refractivity contribution in [3.8, 4) is 0 Å². The predicted octanol–water partition coefficient (Wildman–Crippen LogP) is 3.03. The highest BCUT2D eigenvalue weighted by atomic mass is 32.2. The van der Waals surface area contributed by atoms with Crippen LogP contribution in [0.15, 0.2) is 47.5 Å². The molecule has 0 saturated heterocycles. The summed E-state index contributed by atoms with van der Waals surface area (Å²) in [5.74, 6) is 0.277. The lowest BCUT2D eigenvalue weighted by Gasteiger charge is -2.30. The first-order valence-corrected chi connectivity index (χ1v) is 10.4. The molecule has 9 nitrogen and oxygen atoms in total. The van der Waals surface area contributed by atoms with E-state index in [9.17, 15) is 23.6 Å². The van der Waals surface area contributed by atoms with E-state index in [-0.39, 0.29) is 22.6 Å². The summed E-state index contributed by atoms with van der Waals surface area (Å²) in [7, 11) is -4.02. The molecule has 2 N–H and O–H groups in total. The van der Waals surface area contributed by atoms with Crippen LogP contribution in [-0.2, 0) is 10.1 Å². The maximum absolute atomic E-state index is 10.7. The normalized spacial score (nSPS) is 18.6. The van der Waals surface area contributed by atoms with Crippen LogP contribution in [0.1, 0.15) is 35.7 Å². The molecule has 0 amide bonds. The molecule has 4 rings (SSSR count). The maximum atomic E-state index is 10.7. The molecule has 2 aromatic heterocycles. The molecule has 1 aromatic carbocycles. The van der Waals surface area contributed by atoms with Crippen molar-refractivity contribution in [2.45, 2.75) is 43.6 Å². The van der Waals surface area contributed by atoms with Crippen molar-refractivity contribution in [1.29, 1.82) is 0 Å². The molecular weight excluding hydrogens is 398 g/mol. The second-order valence-corrected chi connectivity index (χ2v) is 8.49. The van der Waals surface area contributed by atoms with Crippen molar-refractivity contribution in [3.63, 3.8) is 0 Å². The number of pyridine rings is 1. The Morgan fingerprint density at radius 1 is 1.14 bits per heavy atom. The van der Waals surface area contributed by atoms with Crippen LogP contribution >= 0.6 is 0 Å². The van der Waals surface area contributed by atoms with E-state index in [1.165, 1.54) is 24.4 Å². The minimum atomic E-state index is -4.02. The second-order valence-electron chi connectivity index (χ2n) is 7.07. The summed E-state index contributed by atoms with van der Waals surface area (Å²) in [6, 6.07) is 9.10. The van der Waals surface area contributed by atoms with Crippen molar-refractivity contribution in [2.75, 3.05) is 0 Å². The number of fused-ring (bicyclic) bond motifs is 1. The van der Waals surface area contributed by atoms with E-state index in [0.717, 1.165) is 35.4 Å². The van der Waals surface area contributed by atoms with Crippen LogP contribution in [0.3, 0.4) is 0 Å². The van der Waals surface area contributed by atoms with Gasteiger partial charge < -0.3 is 5.11 Å². The first-order chi connectivity index (χ1) is 13.6. The van der Waals surface area contributed by atoms with Gasteiger partial charge in [0.2, 0.25) is 0 Å². The Hall–Kier alpha value is -2.82. The van der Waals surface area contributed by atoms with Gasteiger partial charge in [-0.15, -0.1) is 0 Å². The van der Waals surface area contributed by atoms with Gasteiger partial charge in [0.05, 0.1) is 27.8 Å². The molecule has 2 heterocycles. The Morgan fingerprint density at radius 2 is 1.76 bits per heavy atom. The standard InChI is InChI=1S/C12H13N3O3.C7H8O3S/c1-7-12(8-4-10(16)5-8)13-11-3-2-9(15(17)18)6-14(7)11;1-6-2-4-7(5-3-6)11(8,9)10/h2-3,6,8,10,16H,4-5H2,1H3;2-5H,1H3,(H,8,9,10). The van der Waals surface area contributed by atoms with E-state index in [4.69, 9.17) is 4.55 Å². The first-order valence-electron chi connectivity index (χ1n) is 8.91. The van der Waals surface area contributed by atoms with Gasteiger partial charge in [0.1, 0.15) is 5.65 Å². The van der Waals surface area contributed by atoms with Crippen molar-refractivity contribution in [2.24, 2.45) is 0 Å². The zero-order valence-corrected chi connectivity index (χ0v) is 16.7. The van der Waals surface area contributed by atoms with E-state index in [0.29, 0.717) is 0 Å². The number of aromatic nitrogens is 2. The summed E-state index contributed by atoms with van der Waals surface area (Å²) in [5.41, 5.74) is 3.60. The lowest BCUT2D eigenvalue weighted by Crippen LogP contribution is -2.27. The number of nitrogens with zero attached hydrogens (tertiary/aromatic N) is 3. The van der Waals surface area contributed by atoms with Crippen molar-refractivity contribution < 1.29 is 23.0 Å². The largest absolute Gasteiger partial charge is 0.393 e. The molecule has 0 bridgehead atoms. The molecule has 0 radical (unpaired) electrons. The van der Waals surface area contributed by atoms with Gasteiger partial charge in [-0.3, -0.25) is 19.1 Å². The Bertz CT molecular complexity index is 1150. The summed E-state index contributed by atoms with van der Waals surface area (Å²) in [6.07, 6.45) is 2.73. The summed E-state index contributed by atoms with van der Waals surface area (Å²) >= 11 is 0. The fourth-order valence-electron chi connectivity index (χ4n) is 3.19. The van der Waals surface area contributed by atoms with E-state index < -0.39 is 15.0 Å². The number of imidazole rings is 1. The third kappa shape index (κ3) is 4.61. The number of hydrogen-bond donors (Lipinski definition) is 2. The minimum Gasteiger partial charge on any atom is -0.393 e. The molecular formula is C19H21N3O6S. The minimum absolute atomic E-state index is 0.0585. The highest BCUT2D eigenvalue weighted by Crippen LogP contribution is 2.38. The van der Waals surface area contributed by atoms with Crippen molar-refractivity contribution in [1.82, 2.24) is 9.38 Å². The molecule has 0 unspecified atom stereocenters. The molecule has 3 aromatic rings. The number of aryl methyl sites for hydroxylation is 2. The molecule has 0 atom stereocenters. The molecule has 0 aliphatic heterocycles. The Kier molecular flexibility index (Phi) is 5.69. The van der Waals surface area contributed by atoms with Crippen LogP contribution in [0, 0.1) is 24.0 Å². The number of nitro groups is 1. The number of aliphatic hydroxyl groups is 1. The van der Waals surface area contributed by atoms with E-state index in [1.54, 1.807) is 22.6 Å². The summed E-state index contributed by atoms with van der Waals surface area (Å²) in [4.78, 5) is 14.8. The number of aliphatic hydroxyl groups excluding tert-OH is 1. The first kappa shape index (κ1) is 20.9. The Morgan fingerprint density at radius 3 is 2.28 bits per heavy atom. The average Bonchev–Trinajstić information content (AvgIpc) is 2.95. The lowest BCUT2D eigenvalue weighted by atomic mass is 9.79. The van der Waals surface area contributed by atoms with E-state index >= 15 is 0 Å². The van der Waals surface area contributed by atoms with Gasteiger partial charge in [-0.25, -0.2) is 4.98 Å². The van der Waals surface area contributed by atoms with Crippen LogP contribution in [0.5, 0.6) is 0 Å². The Labute approximate surface area is 167 Å². The average molecular weight is 419 g/mol. The van der Waals surface area contributed by atoms with Gasteiger partial charge in [0.25, 0.3) is 15.8 Å². The highest BCUT2D eigenvalue weighted by molar-refractivity contribution is 7.85. The monoisotopic (exact) mass is 419 g/mol. The maximum Gasteiger partial charge on any atom is 0.294 e. The molecule has 154 valence electrons. The third-order valence-electron chi connectivity index (χ3n) is 4.91. The molecule has 10 heteroatoms. The molecule has 1 aliphatic carbocycles. The zero-order chi connectivity index (χ0) is 21.3. The number of rotatable bonds is 3. The highest BCUT2D eigenvalue weighted by Gasteiger charge is 2.32. The Balaban J connectivity index is 0.000000188. The SMILES string of the molecule is Cc1c(C2CC(O)C2)nc2ccc([N+](=O)[O-])cn12.Cc1ccc(S(=O)(=O)O)cc1. The molecule has 1 aliphatic rings. The van der Waals surface area contributed by atoms with Crippen LogP contribution in [0.2, 0.25) is 0 Å². The fraction of sp³-hybridized carbons (Fsp3) is 0.316. The van der Waals surface area contributed by atoms with Crippen LogP contribution in [0.25, 0.3) is 5.65 Å². The lowest BCUT2D eigenvalue weighted by molar-refractivity contribution is -0.385. The predicted molar refractivity (Wildman–Crippen MR) is 106 cm³/mol. The van der Waals surface area contributed by atoms with Gasteiger partial charge in [-0.1, -0.05) is 17.7 Å². The van der Waals surface area contributed by atoms with Crippen LogP contribution in [-0.4, -0.2) is 38.5 Å². The number of benzene rings is 1. The van der Waals surface area contributed by atoms with Gasteiger partial charge >= 0.3 is 0 Å². The fourth-order valence-corrected chi connectivity index (χ4v) is 3.67. The third-order valence-corrected chi connectivity index (χ3v) is 5.78. The molecule has 1 saturated carbocycles. The number of hydrogen-bond acceptors (Lipinski definition) is 6. The van der Waals surface area contributed by atoms with Crippen LogP contribution < -0.4 is 0 Å². The quantitative estimate of drug-likeness (QED) is 0.378. The van der Waals surface area contributed by atoms with Crippen LogP contribution in [0.4, 0.5) is 5.69 Å². The van der Waals surface area contributed by atoms with Gasteiger partial charge in [-0.05, 0) is 44.9 Å². The molecule has 1 fully saturated rings.